The van der Waals surface area contributed by atoms with Crippen LogP contribution in [-0.2, 0) is 9.59 Å². The summed E-state index contributed by atoms with van der Waals surface area (Å²) in [6, 6.07) is 5.02. The fraction of sp³-hybridized carbons (Fsp3) is 0.529. The number of alkyl halides is 3. The molecule has 1 fully saturated rings. The normalized spacial score (nSPS) is 19.2. The van der Waals surface area contributed by atoms with E-state index in [0.29, 0.717) is 25.1 Å². The molecule has 2 amide bonds. The summed E-state index contributed by atoms with van der Waals surface area (Å²) in [5, 5.41) is 2.85. The lowest BCUT2D eigenvalue weighted by atomic mass is 9.96. The summed E-state index contributed by atoms with van der Waals surface area (Å²) in [7, 11) is 0. The molecule has 1 saturated heterocycles. The quantitative estimate of drug-likeness (QED) is 0.900. The predicted octanol–water partition coefficient (Wildman–Crippen LogP) is 3.02. The third-order valence-electron chi connectivity index (χ3n) is 4.21. The monoisotopic (exact) mass is 358 g/mol. The molecule has 5 nitrogen and oxygen atoms in total. The van der Waals surface area contributed by atoms with Crippen LogP contribution in [0.3, 0.4) is 0 Å². The van der Waals surface area contributed by atoms with E-state index in [4.69, 9.17) is 0 Å². The van der Waals surface area contributed by atoms with Crippen LogP contribution in [0.25, 0.3) is 0 Å². The van der Waals surface area contributed by atoms with Crippen LogP contribution in [0.15, 0.2) is 24.3 Å². The van der Waals surface area contributed by atoms with E-state index < -0.39 is 6.36 Å². The maximum absolute atomic E-state index is 12.4. The topological polar surface area (TPSA) is 58.6 Å². The Morgan fingerprint density at radius 2 is 1.92 bits per heavy atom. The summed E-state index contributed by atoms with van der Waals surface area (Å²) < 4.78 is 40.3. The van der Waals surface area contributed by atoms with Gasteiger partial charge in [-0.25, -0.2) is 0 Å². The molecule has 0 spiro atoms. The second-order valence-corrected chi connectivity index (χ2v) is 6.15. The molecule has 1 aromatic carbocycles. The minimum absolute atomic E-state index is 0.0502. The number of rotatable bonds is 4. The van der Waals surface area contributed by atoms with Crippen molar-refractivity contribution in [2.75, 3.05) is 13.1 Å². The van der Waals surface area contributed by atoms with Crippen molar-refractivity contribution in [2.45, 2.75) is 39.1 Å². The lowest BCUT2D eigenvalue weighted by molar-refractivity contribution is -0.274. The van der Waals surface area contributed by atoms with E-state index in [0.717, 1.165) is 6.42 Å². The Labute approximate surface area is 144 Å². The van der Waals surface area contributed by atoms with Crippen LogP contribution < -0.4 is 10.1 Å². The first-order valence-corrected chi connectivity index (χ1v) is 8.07. The number of nitrogens with one attached hydrogen (secondary N) is 1. The second kappa shape index (κ2) is 7.76. The first kappa shape index (κ1) is 19.1. The molecule has 138 valence electrons. The lowest BCUT2D eigenvalue weighted by Gasteiger charge is -2.32. The molecule has 0 unspecified atom stereocenters. The maximum atomic E-state index is 12.4. The zero-order valence-electron chi connectivity index (χ0n) is 14.1. The highest BCUT2D eigenvalue weighted by atomic mass is 19.4. The summed E-state index contributed by atoms with van der Waals surface area (Å²) in [6.07, 6.45) is -3.25. The Morgan fingerprint density at radius 1 is 1.28 bits per heavy atom. The van der Waals surface area contributed by atoms with Gasteiger partial charge in [0.05, 0.1) is 12.0 Å². The Bertz CT molecular complexity index is 617. The van der Waals surface area contributed by atoms with Gasteiger partial charge in [-0.05, 0) is 37.5 Å². The van der Waals surface area contributed by atoms with Crippen molar-refractivity contribution in [3.8, 4) is 5.75 Å². The van der Waals surface area contributed by atoms with E-state index in [2.05, 4.69) is 10.1 Å². The molecule has 0 bridgehead atoms. The number of carbonyl (C=O) groups excluding carboxylic acids is 2. The number of likely N-dealkylation sites (tertiary alicyclic amines) is 1. The Morgan fingerprint density at radius 3 is 2.48 bits per heavy atom. The summed E-state index contributed by atoms with van der Waals surface area (Å²) >= 11 is 0. The molecule has 2 rings (SSSR count). The summed E-state index contributed by atoms with van der Waals surface area (Å²) in [5.41, 5.74) is 0.669. The van der Waals surface area contributed by atoms with E-state index in [1.54, 1.807) is 11.8 Å². The third kappa shape index (κ3) is 5.65. The van der Waals surface area contributed by atoms with Crippen molar-refractivity contribution >= 4 is 11.8 Å². The van der Waals surface area contributed by atoms with Gasteiger partial charge in [0.1, 0.15) is 5.75 Å². The van der Waals surface area contributed by atoms with E-state index in [1.807, 2.05) is 0 Å². The molecule has 1 heterocycles. The van der Waals surface area contributed by atoms with E-state index in [1.165, 1.54) is 31.2 Å². The fourth-order valence-corrected chi connectivity index (χ4v) is 2.85. The minimum Gasteiger partial charge on any atom is -0.406 e. The number of nitrogens with zero attached hydrogens (tertiary/aromatic N) is 1. The highest BCUT2D eigenvalue weighted by molar-refractivity contribution is 5.81. The van der Waals surface area contributed by atoms with Crippen LogP contribution in [0, 0.1) is 5.92 Å². The molecule has 1 N–H and O–H groups in total. The minimum atomic E-state index is -4.73. The summed E-state index contributed by atoms with van der Waals surface area (Å²) in [6.45, 7) is 4.29. The molecule has 2 atom stereocenters. The predicted molar refractivity (Wildman–Crippen MR) is 84.7 cm³/mol. The fourth-order valence-electron chi connectivity index (χ4n) is 2.85. The van der Waals surface area contributed by atoms with Crippen molar-refractivity contribution in [3.05, 3.63) is 29.8 Å². The summed E-state index contributed by atoms with van der Waals surface area (Å²) in [4.78, 5) is 25.5. The average molecular weight is 358 g/mol. The van der Waals surface area contributed by atoms with Crippen LogP contribution in [-0.4, -0.2) is 36.2 Å². The number of hydrogen-bond donors (Lipinski definition) is 1. The number of benzene rings is 1. The number of piperidine rings is 1. The van der Waals surface area contributed by atoms with Crippen molar-refractivity contribution in [3.63, 3.8) is 0 Å². The van der Waals surface area contributed by atoms with Crippen molar-refractivity contribution in [1.82, 2.24) is 10.2 Å². The summed E-state index contributed by atoms with van der Waals surface area (Å²) in [5.74, 6) is -0.785. The molecule has 1 aliphatic rings. The van der Waals surface area contributed by atoms with Gasteiger partial charge in [0.25, 0.3) is 0 Å². The Kier molecular flexibility index (Phi) is 5.92. The van der Waals surface area contributed by atoms with Crippen LogP contribution >= 0.6 is 0 Å². The van der Waals surface area contributed by atoms with Gasteiger partial charge in [0.15, 0.2) is 0 Å². The average Bonchev–Trinajstić information content (AvgIpc) is 2.54. The highest BCUT2D eigenvalue weighted by Gasteiger charge is 2.31. The molecule has 1 aromatic rings. The molecule has 8 heteroatoms. The molecule has 0 aromatic heterocycles. The Balaban J connectivity index is 1.93. The number of halogens is 3. The highest BCUT2D eigenvalue weighted by Crippen LogP contribution is 2.25. The van der Waals surface area contributed by atoms with Crippen molar-refractivity contribution < 1.29 is 27.5 Å². The Hall–Kier alpha value is -2.25. The number of amides is 2. The first-order chi connectivity index (χ1) is 11.7. The molecule has 0 saturated carbocycles. The van der Waals surface area contributed by atoms with Crippen LogP contribution in [0.5, 0.6) is 5.75 Å². The van der Waals surface area contributed by atoms with Crippen LogP contribution in [0.1, 0.15) is 38.3 Å². The maximum Gasteiger partial charge on any atom is 0.573 e. The van der Waals surface area contributed by atoms with Crippen molar-refractivity contribution in [2.24, 2.45) is 5.92 Å². The second-order valence-electron chi connectivity index (χ2n) is 6.15. The molecule has 1 aliphatic heterocycles. The number of carbonyl (C=O) groups is 2. The zero-order valence-corrected chi connectivity index (χ0v) is 14.1. The van der Waals surface area contributed by atoms with Gasteiger partial charge < -0.3 is 15.0 Å². The van der Waals surface area contributed by atoms with Crippen molar-refractivity contribution in [1.29, 1.82) is 0 Å². The lowest BCUT2D eigenvalue weighted by Crippen LogP contribution is -2.45. The van der Waals surface area contributed by atoms with Gasteiger partial charge in [-0.3, -0.25) is 9.59 Å². The van der Waals surface area contributed by atoms with Gasteiger partial charge in [-0.1, -0.05) is 12.1 Å². The smallest absolute Gasteiger partial charge is 0.406 e. The zero-order chi connectivity index (χ0) is 18.6. The largest absolute Gasteiger partial charge is 0.573 e. The van der Waals surface area contributed by atoms with E-state index in [9.17, 15) is 22.8 Å². The molecule has 25 heavy (non-hydrogen) atoms. The van der Waals surface area contributed by atoms with Crippen LogP contribution in [0.2, 0.25) is 0 Å². The van der Waals surface area contributed by atoms with Gasteiger partial charge in [-0.15, -0.1) is 13.2 Å². The van der Waals surface area contributed by atoms with Gasteiger partial charge in [-0.2, -0.15) is 0 Å². The molecule has 0 radical (unpaired) electrons. The number of hydrogen-bond acceptors (Lipinski definition) is 3. The van der Waals surface area contributed by atoms with Gasteiger partial charge >= 0.3 is 6.36 Å². The molecular weight excluding hydrogens is 337 g/mol. The third-order valence-corrected chi connectivity index (χ3v) is 4.21. The van der Waals surface area contributed by atoms with Gasteiger partial charge in [0.2, 0.25) is 11.8 Å². The molecular formula is C17H21F3N2O3. The molecule has 0 aliphatic carbocycles. The van der Waals surface area contributed by atoms with E-state index in [-0.39, 0.29) is 29.5 Å². The van der Waals surface area contributed by atoms with Crippen LogP contribution in [0.4, 0.5) is 13.2 Å². The SMILES string of the molecule is CC(=O)N1CCC[C@H](C(=O)N[C@H](C)c2ccc(OC(F)(F)F)cc2)C1. The van der Waals surface area contributed by atoms with Gasteiger partial charge in [0, 0.05) is 20.0 Å². The van der Waals surface area contributed by atoms with E-state index >= 15 is 0 Å². The first-order valence-electron chi connectivity index (χ1n) is 8.07. The number of ether oxygens (including phenoxy) is 1. The standard InChI is InChI=1S/C17H21F3N2O3/c1-11(13-5-7-15(8-6-13)25-17(18,19)20)21-16(24)14-4-3-9-22(10-14)12(2)23/h5-8,11,14H,3-4,9-10H2,1-2H3,(H,21,24)/t11-,14+/m1/s1.